The van der Waals surface area contributed by atoms with E-state index in [1.807, 2.05) is 18.2 Å². The summed E-state index contributed by atoms with van der Waals surface area (Å²) in [6, 6.07) is 7.27. The number of methoxy groups -OCH3 is 1. The van der Waals surface area contributed by atoms with E-state index in [9.17, 15) is 4.79 Å². The highest BCUT2D eigenvalue weighted by atomic mass is 32.1. The van der Waals surface area contributed by atoms with Gasteiger partial charge < -0.3 is 9.84 Å². The van der Waals surface area contributed by atoms with Crippen molar-refractivity contribution in [2.45, 2.75) is 0 Å². The van der Waals surface area contributed by atoms with E-state index in [0.29, 0.717) is 10.8 Å². The van der Waals surface area contributed by atoms with Gasteiger partial charge in [-0.25, -0.2) is 4.79 Å². The molecule has 0 unspecified atom stereocenters. The van der Waals surface area contributed by atoms with Crippen LogP contribution in [0.2, 0.25) is 0 Å². The number of para-hydroxylation sites is 1. The average Bonchev–Trinajstić information content (AvgIpc) is 2.78. The van der Waals surface area contributed by atoms with Crippen LogP contribution < -0.4 is 4.74 Å². The van der Waals surface area contributed by atoms with Crippen LogP contribution in [0.4, 0.5) is 0 Å². The topological polar surface area (TPSA) is 72.3 Å². The van der Waals surface area contributed by atoms with Crippen molar-refractivity contribution in [2.75, 3.05) is 7.11 Å². The molecule has 2 aromatic rings. The molecule has 0 saturated carbocycles. The van der Waals surface area contributed by atoms with Gasteiger partial charge in [-0.3, -0.25) is 0 Å². The molecule has 1 N–H and O–H groups in total. The normalized spacial score (nSPS) is 10.1. The lowest BCUT2D eigenvalue weighted by Crippen LogP contribution is -1.93. The summed E-state index contributed by atoms with van der Waals surface area (Å²) < 4.78 is 5.16. The third kappa shape index (κ3) is 1.87. The lowest BCUT2D eigenvalue weighted by molar-refractivity contribution is 0.0695. The first-order valence-electron chi connectivity index (χ1n) is 4.42. The Labute approximate surface area is 95.3 Å². The molecule has 0 atom stereocenters. The van der Waals surface area contributed by atoms with Crippen LogP contribution in [0.1, 0.15) is 9.80 Å². The molecule has 1 heterocycles. The zero-order valence-corrected chi connectivity index (χ0v) is 9.19. The highest BCUT2D eigenvalue weighted by molar-refractivity contribution is 7.16. The van der Waals surface area contributed by atoms with Crippen LogP contribution in [0.5, 0.6) is 5.75 Å². The maximum atomic E-state index is 10.7. The molecule has 0 amide bonds. The monoisotopic (exact) mass is 236 g/mol. The Morgan fingerprint density at radius 1 is 1.38 bits per heavy atom. The SMILES string of the molecule is COc1ccccc1-c1nnc(C(=O)O)s1. The van der Waals surface area contributed by atoms with E-state index < -0.39 is 5.97 Å². The largest absolute Gasteiger partial charge is 0.496 e. The van der Waals surface area contributed by atoms with Gasteiger partial charge in [-0.05, 0) is 12.1 Å². The fourth-order valence-corrected chi connectivity index (χ4v) is 1.95. The van der Waals surface area contributed by atoms with Crippen LogP contribution in [0.15, 0.2) is 24.3 Å². The van der Waals surface area contributed by atoms with Crippen molar-refractivity contribution in [3.63, 3.8) is 0 Å². The Bertz CT molecular complexity index is 524. The molecule has 2 rings (SSSR count). The van der Waals surface area contributed by atoms with Crippen molar-refractivity contribution >= 4 is 17.3 Å². The summed E-state index contributed by atoms with van der Waals surface area (Å²) in [5, 5.41) is 16.7. The second kappa shape index (κ2) is 4.28. The van der Waals surface area contributed by atoms with E-state index >= 15 is 0 Å². The van der Waals surface area contributed by atoms with Gasteiger partial charge in [0.15, 0.2) is 5.01 Å². The Morgan fingerprint density at radius 3 is 2.75 bits per heavy atom. The number of carbonyl (C=O) groups is 1. The van der Waals surface area contributed by atoms with Crippen LogP contribution in [-0.4, -0.2) is 28.4 Å². The van der Waals surface area contributed by atoms with Gasteiger partial charge >= 0.3 is 5.97 Å². The maximum absolute atomic E-state index is 10.7. The van der Waals surface area contributed by atoms with E-state index in [1.54, 1.807) is 13.2 Å². The molecule has 0 fully saturated rings. The summed E-state index contributed by atoms with van der Waals surface area (Å²) in [6.45, 7) is 0. The van der Waals surface area contributed by atoms with Gasteiger partial charge in [0.05, 0.1) is 12.7 Å². The molecule has 0 bridgehead atoms. The molecule has 0 aliphatic carbocycles. The number of hydrogen-bond donors (Lipinski definition) is 1. The third-order valence-electron chi connectivity index (χ3n) is 1.95. The minimum Gasteiger partial charge on any atom is -0.496 e. The number of nitrogens with zero attached hydrogens (tertiary/aromatic N) is 2. The predicted octanol–water partition coefficient (Wildman–Crippen LogP) is 1.91. The third-order valence-corrected chi connectivity index (χ3v) is 2.89. The zero-order chi connectivity index (χ0) is 11.5. The van der Waals surface area contributed by atoms with Crippen molar-refractivity contribution in [1.29, 1.82) is 0 Å². The van der Waals surface area contributed by atoms with Crippen molar-refractivity contribution in [2.24, 2.45) is 0 Å². The van der Waals surface area contributed by atoms with Gasteiger partial charge in [-0.15, -0.1) is 10.2 Å². The van der Waals surface area contributed by atoms with E-state index in [1.165, 1.54) is 0 Å². The Kier molecular flexibility index (Phi) is 2.82. The standard InChI is InChI=1S/C10H8N2O3S/c1-15-7-5-3-2-4-6(7)8-11-12-9(16-8)10(13)14/h2-5H,1H3,(H,13,14). The summed E-state index contributed by atoms with van der Waals surface area (Å²) in [7, 11) is 1.55. The van der Waals surface area contributed by atoms with Gasteiger partial charge in [0, 0.05) is 0 Å². The van der Waals surface area contributed by atoms with Crippen LogP contribution in [0.25, 0.3) is 10.6 Å². The molecule has 0 spiro atoms. The van der Waals surface area contributed by atoms with Crippen molar-refractivity contribution in [3.05, 3.63) is 29.3 Å². The van der Waals surface area contributed by atoms with Crippen LogP contribution >= 0.6 is 11.3 Å². The first-order valence-corrected chi connectivity index (χ1v) is 5.24. The molecule has 82 valence electrons. The van der Waals surface area contributed by atoms with Gasteiger partial charge in [0.1, 0.15) is 5.75 Å². The molecule has 1 aromatic heterocycles. The summed E-state index contributed by atoms with van der Waals surface area (Å²) in [4.78, 5) is 10.7. The minimum atomic E-state index is -1.07. The highest BCUT2D eigenvalue weighted by Crippen LogP contribution is 2.31. The van der Waals surface area contributed by atoms with Crippen LogP contribution in [0, 0.1) is 0 Å². The van der Waals surface area contributed by atoms with Crippen molar-refractivity contribution in [3.8, 4) is 16.3 Å². The fraction of sp³-hybridized carbons (Fsp3) is 0.100. The van der Waals surface area contributed by atoms with E-state index in [0.717, 1.165) is 16.9 Å². The summed E-state index contributed by atoms with van der Waals surface area (Å²) >= 11 is 1.02. The smallest absolute Gasteiger partial charge is 0.367 e. The quantitative estimate of drug-likeness (QED) is 0.881. The number of carboxylic acids is 1. The molecule has 1 aromatic carbocycles. The van der Waals surface area contributed by atoms with Gasteiger partial charge in [0.2, 0.25) is 5.01 Å². The van der Waals surface area contributed by atoms with E-state index in [4.69, 9.17) is 9.84 Å². The molecule has 5 nitrogen and oxygen atoms in total. The Morgan fingerprint density at radius 2 is 2.12 bits per heavy atom. The Hall–Kier alpha value is -1.95. The first kappa shape index (κ1) is 10.6. The predicted molar refractivity (Wildman–Crippen MR) is 58.9 cm³/mol. The van der Waals surface area contributed by atoms with Crippen molar-refractivity contribution in [1.82, 2.24) is 10.2 Å². The van der Waals surface area contributed by atoms with Gasteiger partial charge in [-0.1, -0.05) is 23.5 Å². The van der Waals surface area contributed by atoms with Crippen molar-refractivity contribution < 1.29 is 14.6 Å². The molecule has 0 aliphatic rings. The van der Waals surface area contributed by atoms with E-state index in [2.05, 4.69) is 10.2 Å². The molecule has 0 aliphatic heterocycles. The maximum Gasteiger partial charge on any atom is 0.367 e. The molecular formula is C10H8N2O3S. The minimum absolute atomic E-state index is 0.0269. The van der Waals surface area contributed by atoms with Crippen LogP contribution in [0.3, 0.4) is 0 Å². The molecule has 0 radical (unpaired) electrons. The van der Waals surface area contributed by atoms with Gasteiger partial charge in [0.25, 0.3) is 0 Å². The van der Waals surface area contributed by atoms with Gasteiger partial charge in [-0.2, -0.15) is 0 Å². The summed E-state index contributed by atoms with van der Waals surface area (Å²) in [6.07, 6.45) is 0. The molecular weight excluding hydrogens is 228 g/mol. The lowest BCUT2D eigenvalue weighted by Gasteiger charge is -2.03. The number of hydrogen-bond acceptors (Lipinski definition) is 5. The molecule has 16 heavy (non-hydrogen) atoms. The number of ether oxygens (including phenoxy) is 1. The van der Waals surface area contributed by atoms with Crippen LogP contribution in [-0.2, 0) is 0 Å². The summed E-state index contributed by atoms with van der Waals surface area (Å²) in [5.41, 5.74) is 0.745. The average molecular weight is 236 g/mol. The molecule has 6 heteroatoms. The lowest BCUT2D eigenvalue weighted by atomic mass is 10.2. The molecule has 0 saturated heterocycles. The zero-order valence-electron chi connectivity index (χ0n) is 8.38. The summed E-state index contributed by atoms with van der Waals surface area (Å²) in [5.74, 6) is -0.422. The highest BCUT2D eigenvalue weighted by Gasteiger charge is 2.14. The second-order valence-electron chi connectivity index (χ2n) is 2.92. The number of benzene rings is 1. The Balaban J connectivity index is 2.46. The second-order valence-corrected chi connectivity index (χ2v) is 3.90. The number of aromatic carboxylic acids is 1. The first-order chi connectivity index (χ1) is 7.72. The fourth-order valence-electron chi connectivity index (χ4n) is 1.24. The number of aromatic nitrogens is 2. The van der Waals surface area contributed by atoms with E-state index in [-0.39, 0.29) is 5.01 Å². The number of rotatable bonds is 3. The number of carboxylic acid groups (broad SMARTS) is 1.